The number of rotatable bonds is 6. The molecule has 2 aromatic heterocycles. The minimum Gasteiger partial charge on any atom is -0.325 e. The van der Waals surface area contributed by atoms with E-state index in [1.54, 1.807) is 12.4 Å². The Morgan fingerprint density at radius 1 is 1.10 bits per heavy atom. The van der Waals surface area contributed by atoms with Gasteiger partial charge in [-0.15, -0.1) is 10.2 Å². The minimum atomic E-state index is -0.398. The van der Waals surface area contributed by atoms with Crippen LogP contribution in [0.25, 0.3) is 17.1 Å². The zero-order chi connectivity index (χ0) is 21.8. The first-order valence-electron chi connectivity index (χ1n) is 9.67. The highest BCUT2D eigenvalue weighted by Gasteiger charge is 2.22. The smallest absolute Gasteiger partial charge is 0.237 e. The summed E-state index contributed by atoms with van der Waals surface area (Å²) in [5.41, 5.74) is 3.52. The lowest BCUT2D eigenvalue weighted by Crippen LogP contribution is -2.22. The van der Waals surface area contributed by atoms with E-state index in [0.717, 1.165) is 22.5 Å². The van der Waals surface area contributed by atoms with Crippen LogP contribution in [-0.2, 0) is 4.79 Å². The number of anilines is 1. The first-order chi connectivity index (χ1) is 15.0. The molecule has 0 fully saturated rings. The van der Waals surface area contributed by atoms with E-state index in [1.807, 2.05) is 79.1 Å². The molecule has 0 unspecified atom stereocenters. The number of nitrogens with zero attached hydrogens (tertiary/aromatic N) is 4. The molecule has 0 spiro atoms. The Hall–Kier alpha value is -3.16. The predicted octanol–water partition coefficient (Wildman–Crippen LogP) is 5.41. The van der Waals surface area contributed by atoms with Crippen LogP contribution in [0, 0.1) is 6.92 Å². The molecule has 0 saturated carbocycles. The molecule has 1 atom stereocenters. The quantitative estimate of drug-likeness (QED) is 0.398. The molecule has 0 saturated heterocycles. The highest BCUT2D eigenvalue weighted by Crippen LogP contribution is 2.31. The Morgan fingerprint density at radius 3 is 2.61 bits per heavy atom. The summed E-state index contributed by atoms with van der Waals surface area (Å²) >= 11 is 7.56. The Kier molecular flexibility index (Phi) is 6.34. The van der Waals surface area contributed by atoms with E-state index in [4.69, 9.17) is 11.6 Å². The van der Waals surface area contributed by atoms with Gasteiger partial charge in [-0.3, -0.25) is 14.3 Å². The number of amides is 1. The highest BCUT2D eigenvalue weighted by atomic mass is 35.5. The summed E-state index contributed by atoms with van der Waals surface area (Å²) in [6, 6.07) is 18.9. The van der Waals surface area contributed by atoms with E-state index in [2.05, 4.69) is 20.5 Å². The molecule has 0 aliphatic rings. The van der Waals surface area contributed by atoms with E-state index in [-0.39, 0.29) is 5.91 Å². The second-order valence-electron chi connectivity index (χ2n) is 6.98. The molecular weight excluding hydrogens is 430 g/mol. The normalized spacial score (nSPS) is 11.8. The van der Waals surface area contributed by atoms with Crippen molar-refractivity contribution in [1.29, 1.82) is 0 Å². The summed E-state index contributed by atoms with van der Waals surface area (Å²) < 4.78 is 1.89. The van der Waals surface area contributed by atoms with Crippen LogP contribution in [0.1, 0.15) is 12.5 Å². The van der Waals surface area contributed by atoms with Crippen molar-refractivity contribution in [2.24, 2.45) is 0 Å². The fraction of sp³-hybridized carbons (Fsp3) is 0.130. The lowest BCUT2D eigenvalue weighted by Gasteiger charge is -2.14. The van der Waals surface area contributed by atoms with Gasteiger partial charge >= 0.3 is 0 Å². The molecule has 31 heavy (non-hydrogen) atoms. The molecule has 1 N–H and O–H groups in total. The molecular formula is C23H20ClN5OS. The van der Waals surface area contributed by atoms with Gasteiger partial charge in [-0.1, -0.05) is 47.1 Å². The first-order valence-corrected chi connectivity index (χ1v) is 10.9. The summed E-state index contributed by atoms with van der Waals surface area (Å²) in [5, 5.41) is 12.5. The van der Waals surface area contributed by atoms with Crippen LogP contribution >= 0.6 is 23.4 Å². The van der Waals surface area contributed by atoms with Gasteiger partial charge in [0.2, 0.25) is 5.91 Å². The van der Waals surface area contributed by atoms with Crippen LogP contribution in [-0.4, -0.2) is 30.9 Å². The predicted molar refractivity (Wildman–Crippen MR) is 125 cm³/mol. The fourth-order valence-corrected chi connectivity index (χ4v) is 4.02. The maximum absolute atomic E-state index is 12.8. The van der Waals surface area contributed by atoms with E-state index >= 15 is 0 Å². The highest BCUT2D eigenvalue weighted by molar-refractivity contribution is 8.00. The van der Waals surface area contributed by atoms with Crippen LogP contribution in [0.15, 0.2) is 78.2 Å². The topological polar surface area (TPSA) is 72.7 Å². The average molecular weight is 450 g/mol. The maximum Gasteiger partial charge on any atom is 0.237 e. The van der Waals surface area contributed by atoms with Gasteiger partial charge < -0.3 is 5.32 Å². The van der Waals surface area contributed by atoms with E-state index in [1.165, 1.54) is 11.8 Å². The van der Waals surface area contributed by atoms with Crippen LogP contribution in [0.2, 0.25) is 5.02 Å². The van der Waals surface area contributed by atoms with Gasteiger partial charge in [0.05, 0.1) is 10.9 Å². The Morgan fingerprint density at radius 2 is 1.90 bits per heavy atom. The molecule has 2 heterocycles. The molecule has 4 aromatic rings. The molecule has 4 rings (SSSR count). The average Bonchev–Trinajstić information content (AvgIpc) is 3.19. The number of thioether (sulfide) groups is 1. The number of aromatic nitrogens is 4. The van der Waals surface area contributed by atoms with Crippen LogP contribution in [0.3, 0.4) is 0 Å². The summed E-state index contributed by atoms with van der Waals surface area (Å²) in [4.78, 5) is 16.9. The van der Waals surface area contributed by atoms with Crippen molar-refractivity contribution >= 4 is 35.0 Å². The third-order valence-corrected chi connectivity index (χ3v) is 5.87. The van der Waals surface area contributed by atoms with E-state index in [0.29, 0.717) is 16.0 Å². The number of carbonyl (C=O) groups is 1. The van der Waals surface area contributed by atoms with Gasteiger partial charge in [-0.25, -0.2) is 0 Å². The second-order valence-corrected chi connectivity index (χ2v) is 8.72. The number of halogens is 1. The Bertz CT molecular complexity index is 1190. The van der Waals surface area contributed by atoms with Gasteiger partial charge in [-0.2, -0.15) is 0 Å². The minimum absolute atomic E-state index is 0.113. The lowest BCUT2D eigenvalue weighted by atomic mass is 10.2. The largest absolute Gasteiger partial charge is 0.325 e. The Balaban J connectivity index is 1.64. The molecule has 6 nitrogen and oxygen atoms in total. The zero-order valence-corrected chi connectivity index (χ0v) is 18.6. The second kappa shape index (κ2) is 9.32. The van der Waals surface area contributed by atoms with Crippen LogP contribution in [0.5, 0.6) is 0 Å². The van der Waals surface area contributed by atoms with Crippen molar-refractivity contribution in [3.63, 3.8) is 0 Å². The first kappa shape index (κ1) is 21.1. The number of hydrogen-bond acceptors (Lipinski definition) is 5. The van der Waals surface area contributed by atoms with Crippen LogP contribution in [0.4, 0.5) is 5.69 Å². The van der Waals surface area contributed by atoms with Crippen LogP contribution < -0.4 is 5.32 Å². The molecule has 0 bridgehead atoms. The van der Waals surface area contributed by atoms with E-state index in [9.17, 15) is 4.79 Å². The van der Waals surface area contributed by atoms with Gasteiger partial charge in [0.1, 0.15) is 0 Å². The fourth-order valence-electron chi connectivity index (χ4n) is 2.97. The number of hydrogen-bond donors (Lipinski definition) is 1. The van der Waals surface area contributed by atoms with Crippen molar-refractivity contribution in [3.8, 4) is 17.1 Å². The molecule has 8 heteroatoms. The van der Waals surface area contributed by atoms with Crippen molar-refractivity contribution in [1.82, 2.24) is 19.7 Å². The van der Waals surface area contributed by atoms with Gasteiger partial charge in [0.15, 0.2) is 11.0 Å². The van der Waals surface area contributed by atoms with Gasteiger partial charge in [0, 0.05) is 28.7 Å². The molecule has 0 aliphatic carbocycles. The summed E-state index contributed by atoms with van der Waals surface area (Å²) in [6.07, 6.45) is 3.43. The molecule has 1 amide bonds. The number of aryl methyl sites for hydroxylation is 1. The molecule has 0 radical (unpaired) electrons. The van der Waals surface area contributed by atoms with Crippen molar-refractivity contribution in [3.05, 3.63) is 83.6 Å². The van der Waals surface area contributed by atoms with E-state index < -0.39 is 5.25 Å². The number of pyridine rings is 1. The van der Waals surface area contributed by atoms with Crippen molar-refractivity contribution < 1.29 is 4.79 Å². The molecule has 0 aliphatic heterocycles. The van der Waals surface area contributed by atoms with Crippen molar-refractivity contribution in [2.45, 2.75) is 24.3 Å². The summed E-state index contributed by atoms with van der Waals surface area (Å²) in [5.74, 6) is 0.515. The lowest BCUT2D eigenvalue weighted by molar-refractivity contribution is -0.115. The third kappa shape index (κ3) is 4.95. The van der Waals surface area contributed by atoms with Gasteiger partial charge in [0.25, 0.3) is 0 Å². The number of nitrogens with one attached hydrogen (secondary N) is 1. The monoisotopic (exact) mass is 449 g/mol. The molecule has 156 valence electrons. The zero-order valence-electron chi connectivity index (χ0n) is 17.0. The standard InChI is InChI=1S/C23H20ClN5OS/c1-15-8-10-19(11-9-15)26-22(30)16(2)31-23-28-27-21(17-5-4-12-25-14-17)29(23)20-7-3-6-18(24)13-20/h3-14,16H,1-2H3,(H,26,30)/t16-/m1/s1. The molecule has 2 aromatic carbocycles. The van der Waals surface area contributed by atoms with Gasteiger partial charge in [-0.05, 0) is 56.3 Å². The maximum atomic E-state index is 12.8. The Labute approximate surface area is 189 Å². The number of carbonyl (C=O) groups excluding carboxylic acids is 1. The summed E-state index contributed by atoms with van der Waals surface area (Å²) in [7, 11) is 0. The van der Waals surface area contributed by atoms with Crippen molar-refractivity contribution in [2.75, 3.05) is 5.32 Å². The number of benzene rings is 2. The third-order valence-electron chi connectivity index (χ3n) is 4.59. The SMILES string of the molecule is Cc1ccc(NC(=O)[C@@H](C)Sc2nnc(-c3cccnc3)n2-c2cccc(Cl)c2)cc1. The summed E-state index contributed by atoms with van der Waals surface area (Å²) in [6.45, 7) is 3.85.